The van der Waals surface area contributed by atoms with Crippen LogP contribution in [-0.4, -0.2) is 64.2 Å². The highest BCUT2D eigenvalue weighted by molar-refractivity contribution is 6.01. The standard InChI is InChI=1S/C39H35N7O8/c1-46-25-31(24-41-43-39(51)30-6-2-4-27(20-30)11-16-36(48)44-52)34-15-14-33(22-35(34)46)54-45-37(49)17-10-26-8-12-29(13-9-26)38(50)42-40-23-28-5-3-7-32(21-28)53-19-18-47/h2-17,20-25,47,52H,18-19H2,1H3,(H,42,50)(H,43,51)(H,44,48)(H,45,49). The third-order valence-electron chi connectivity index (χ3n) is 7.52. The number of aliphatic hydroxyl groups is 1. The summed E-state index contributed by atoms with van der Waals surface area (Å²) in [5.74, 6) is -1.12. The fourth-order valence-corrected chi connectivity index (χ4v) is 4.92. The van der Waals surface area contributed by atoms with E-state index in [4.69, 9.17) is 19.9 Å². The van der Waals surface area contributed by atoms with Gasteiger partial charge in [0.15, 0.2) is 5.75 Å². The number of fused-ring (bicyclic) bond motifs is 1. The van der Waals surface area contributed by atoms with Crippen LogP contribution in [0.1, 0.15) is 43.0 Å². The largest absolute Gasteiger partial charge is 0.491 e. The van der Waals surface area contributed by atoms with Crippen LogP contribution in [0.4, 0.5) is 0 Å². The van der Waals surface area contributed by atoms with Gasteiger partial charge < -0.3 is 19.2 Å². The maximum Gasteiger partial charge on any atom is 0.276 e. The number of benzene rings is 4. The summed E-state index contributed by atoms with van der Waals surface area (Å²) in [5, 5.41) is 26.4. The Morgan fingerprint density at radius 2 is 1.44 bits per heavy atom. The lowest BCUT2D eigenvalue weighted by molar-refractivity contribution is -0.124. The Balaban J connectivity index is 1.10. The Kier molecular flexibility index (Phi) is 13.2. The zero-order valence-electron chi connectivity index (χ0n) is 28.8. The number of rotatable bonds is 15. The van der Waals surface area contributed by atoms with E-state index in [2.05, 4.69) is 26.5 Å². The van der Waals surface area contributed by atoms with Gasteiger partial charge in [0.25, 0.3) is 23.6 Å². The maximum absolute atomic E-state index is 12.6. The number of nitrogens with one attached hydrogen (secondary N) is 4. The van der Waals surface area contributed by atoms with E-state index in [1.54, 1.807) is 97.1 Å². The molecule has 0 saturated carbocycles. The zero-order valence-corrected chi connectivity index (χ0v) is 28.8. The van der Waals surface area contributed by atoms with Gasteiger partial charge in [0, 0.05) is 53.5 Å². The molecule has 1 heterocycles. The van der Waals surface area contributed by atoms with Crippen LogP contribution in [-0.2, 0) is 16.6 Å². The minimum absolute atomic E-state index is 0.0958. The van der Waals surface area contributed by atoms with Crippen molar-refractivity contribution in [1.82, 2.24) is 26.4 Å². The van der Waals surface area contributed by atoms with Crippen molar-refractivity contribution in [2.75, 3.05) is 13.2 Å². The van der Waals surface area contributed by atoms with Gasteiger partial charge in [-0.1, -0.05) is 36.4 Å². The molecule has 4 aromatic carbocycles. The number of hydrogen-bond acceptors (Lipinski definition) is 10. The summed E-state index contributed by atoms with van der Waals surface area (Å²) in [6.07, 6.45) is 10.3. The predicted molar refractivity (Wildman–Crippen MR) is 202 cm³/mol. The van der Waals surface area contributed by atoms with Crippen molar-refractivity contribution >= 4 is 59.1 Å². The van der Waals surface area contributed by atoms with Crippen molar-refractivity contribution < 1.29 is 39.1 Å². The number of hydrazone groups is 2. The summed E-state index contributed by atoms with van der Waals surface area (Å²) < 4.78 is 7.21. The summed E-state index contributed by atoms with van der Waals surface area (Å²) in [5.41, 5.74) is 13.0. The molecule has 0 fully saturated rings. The lowest BCUT2D eigenvalue weighted by Crippen LogP contribution is -2.24. The van der Waals surface area contributed by atoms with Gasteiger partial charge in [-0.2, -0.15) is 15.7 Å². The van der Waals surface area contributed by atoms with Crippen molar-refractivity contribution in [1.29, 1.82) is 0 Å². The number of nitrogens with zero attached hydrogens (tertiary/aromatic N) is 3. The first-order valence-corrected chi connectivity index (χ1v) is 16.3. The molecule has 1 aromatic heterocycles. The number of hydroxylamine groups is 2. The molecule has 0 aliphatic heterocycles. The topological polar surface area (TPSA) is 205 Å². The van der Waals surface area contributed by atoms with E-state index >= 15 is 0 Å². The molecule has 0 atom stereocenters. The first-order valence-electron chi connectivity index (χ1n) is 16.3. The molecule has 0 unspecified atom stereocenters. The molecular weight excluding hydrogens is 694 g/mol. The van der Waals surface area contributed by atoms with Gasteiger partial charge in [-0.25, -0.2) is 16.3 Å². The van der Waals surface area contributed by atoms with Crippen molar-refractivity contribution in [2.24, 2.45) is 17.3 Å². The second-order valence-electron chi connectivity index (χ2n) is 11.4. The number of aliphatic hydroxyl groups excluding tert-OH is 1. The van der Waals surface area contributed by atoms with Gasteiger partial charge >= 0.3 is 0 Å². The fraction of sp³-hybridized carbons (Fsp3) is 0.0769. The number of carbonyl (C=O) groups is 4. The SMILES string of the molecule is Cn1cc(C=NNC(=O)c2cccc(C=CC(=O)NO)c2)c2ccc(ONC(=O)C=Cc3ccc(C(=O)NN=Cc4cccc(OCCO)c4)cc3)cc21. The molecule has 15 heteroatoms. The minimum atomic E-state index is -0.694. The predicted octanol–water partition coefficient (Wildman–Crippen LogP) is 3.72. The molecule has 4 amide bonds. The van der Waals surface area contributed by atoms with Crippen LogP contribution in [0.5, 0.6) is 11.5 Å². The van der Waals surface area contributed by atoms with Gasteiger partial charge in [-0.15, -0.1) is 0 Å². The molecule has 6 N–H and O–H groups in total. The van der Waals surface area contributed by atoms with Gasteiger partial charge in [-0.05, 0) is 77.4 Å². The van der Waals surface area contributed by atoms with E-state index in [9.17, 15) is 19.2 Å². The summed E-state index contributed by atoms with van der Waals surface area (Å²) in [6.45, 7) is 0.0804. The van der Waals surface area contributed by atoms with Crippen molar-refractivity contribution in [3.63, 3.8) is 0 Å². The number of aryl methyl sites for hydroxylation is 1. The molecule has 0 bridgehead atoms. The first-order chi connectivity index (χ1) is 26.2. The Morgan fingerprint density at radius 1 is 0.741 bits per heavy atom. The second-order valence-corrected chi connectivity index (χ2v) is 11.4. The van der Waals surface area contributed by atoms with E-state index in [0.717, 1.165) is 22.5 Å². The Morgan fingerprint density at radius 3 is 2.22 bits per heavy atom. The van der Waals surface area contributed by atoms with Crippen molar-refractivity contribution in [2.45, 2.75) is 0 Å². The summed E-state index contributed by atoms with van der Waals surface area (Å²) in [6, 6.07) is 25.3. The van der Waals surface area contributed by atoms with Crippen LogP contribution in [0.3, 0.4) is 0 Å². The highest BCUT2D eigenvalue weighted by Gasteiger charge is 2.09. The number of ether oxygens (including phenoxy) is 1. The van der Waals surface area contributed by atoms with E-state index in [1.807, 2.05) is 17.8 Å². The highest BCUT2D eigenvalue weighted by Crippen LogP contribution is 2.24. The fourth-order valence-electron chi connectivity index (χ4n) is 4.92. The van der Waals surface area contributed by atoms with Crippen molar-refractivity contribution in [3.8, 4) is 11.5 Å². The first kappa shape index (κ1) is 37.9. The lowest BCUT2D eigenvalue weighted by atomic mass is 10.1. The van der Waals surface area contributed by atoms with Gasteiger partial charge in [0.1, 0.15) is 12.4 Å². The lowest BCUT2D eigenvalue weighted by Gasteiger charge is -2.06. The number of aromatic nitrogens is 1. The molecule has 5 aromatic rings. The smallest absolute Gasteiger partial charge is 0.276 e. The Labute approximate surface area is 308 Å². The molecule has 5 rings (SSSR count). The zero-order chi connectivity index (χ0) is 38.3. The van der Waals surface area contributed by atoms with Gasteiger partial charge in [-0.3, -0.25) is 24.4 Å². The third-order valence-corrected chi connectivity index (χ3v) is 7.52. The van der Waals surface area contributed by atoms with Crippen LogP contribution in [0, 0.1) is 0 Å². The molecule has 54 heavy (non-hydrogen) atoms. The summed E-state index contributed by atoms with van der Waals surface area (Å²) in [4.78, 5) is 54.3. The van der Waals surface area contributed by atoms with Crippen LogP contribution in [0.2, 0.25) is 0 Å². The summed E-state index contributed by atoms with van der Waals surface area (Å²) in [7, 11) is 1.83. The molecule has 15 nitrogen and oxygen atoms in total. The molecular formula is C39H35N7O8. The average Bonchev–Trinajstić information content (AvgIpc) is 3.51. The molecule has 0 aliphatic carbocycles. The van der Waals surface area contributed by atoms with E-state index in [-0.39, 0.29) is 13.2 Å². The van der Waals surface area contributed by atoms with Gasteiger partial charge in [0.2, 0.25) is 0 Å². The third kappa shape index (κ3) is 10.8. The number of amides is 4. The van der Waals surface area contributed by atoms with E-state index in [0.29, 0.717) is 39.3 Å². The molecule has 0 spiro atoms. The summed E-state index contributed by atoms with van der Waals surface area (Å²) >= 11 is 0. The number of carbonyl (C=O) groups excluding carboxylic acids is 4. The Bertz CT molecular complexity index is 2260. The maximum atomic E-state index is 12.6. The van der Waals surface area contributed by atoms with Gasteiger partial charge in [0.05, 0.1) is 24.6 Å². The minimum Gasteiger partial charge on any atom is -0.491 e. The van der Waals surface area contributed by atoms with Crippen LogP contribution in [0.25, 0.3) is 23.1 Å². The second kappa shape index (κ2) is 18.8. The van der Waals surface area contributed by atoms with E-state index in [1.165, 1.54) is 30.1 Å². The quantitative estimate of drug-likeness (QED) is 0.0405. The molecule has 0 aliphatic rings. The Hall–Kier alpha value is -7.36. The average molecular weight is 730 g/mol. The molecule has 0 saturated heterocycles. The molecule has 0 radical (unpaired) electrons. The number of hydrogen-bond donors (Lipinski definition) is 6. The van der Waals surface area contributed by atoms with E-state index < -0.39 is 23.6 Å². The van der Waals surface area contributed by atoms with Crippen LogP contribution < -0.4 is 31.4 Å². The van der Waals surface area contributed by atoms with Crippen LogP contribution in [0.15, 0.2) is 120 Å². The normalized spacial score (nSPS) is 11.4. The molecule has 274 valence electrons. The highest BCUT2D eigenvalue weighted by atomic mass is 16.7. The van der Waals surface area contributed by atoms with Crippen LogP contribution >= 0.6 is 0 Å². The monoisotopic (exact) mass is 729 g/mol. The van der Waals surface area contributed by atoms with Crippen molar-refractivity contribution in [3.05, 3.63) is 143 Å².